The van der Waals surface area contributed by atoms with Crippen LogP contribution in [0, 0.1) is 0 Å². The fraction of sp³-hybridized carbons (Fsp3) is 0.688. The number of hydrogen-bond acceptors (Lipinski definition) is 4. The normalized spacial score (nSPS) is 16.6. The molecule has 0 radical (unpaired) electrons. The molecule has 1 atom stereocenters. The fourth-order valence-electron chi connectivity index (χ4n) is 2.88. The predicted octanol–water partition coefficient (Wildman–Crippen LogP) is 1.26. The van der Waals surface area contributed by atoms with E-state index in [9.17, 15) is 9.59 Å². The molecular formula is C16H26N4O2. The average molecular weight is 306 g/mol. The van der Waals surface area contributed by atoms with E-state index < -0.39 is 0 Å². The highest BCUT2D eigenvalue weighted by Crippen LogP contribution is 2.13. The van der Waals surface area contributed by atoms with Crippen molar-refractivity contribution < 1.29 is 4.79 Å². The highest BCUT2D eigenvalue weighted by molar-refractivity contribution is 5.92. The lowest BCUT2D eigenvalue weighted by Crippen LogP contribution is -2.42. The number of nitrogens with one attached hydrogen (secondary N) is 1. The first kappa shape index (κ1) is 16.7. The Morgan fingerprint density at radius 1 is 1.32 bits per heavy atom. The molecule has 1 N–H and O–H groups in total. The Balaban J connectivity index is 1.96. The zero-order valence-corrected chi connectivity index (χ0v) is 13.5. The highest BCUT2D eigenvalue weighted by atomic mass is 16.2. The summed E-state index contributed by atoms with van der Waals surface area (Å²) < 4.78 is 1.35. The summed E-state index contributed by atoms with van der Waals surface area (Å²) >= 11 is 0. The number of carbonyl (C=O) groups excluding carboxylic acids is 1. The molecule has 0 bridgehead atoms. The van der Waals surface area contributed by atoms with Gasteiger partial charge >= 0.3 is 0 Å². The van der Waals surface area contributed by atoms with Gasteiger partial charge in [0.2, 0.25) is 0 Å². The van der Waals surface area contributed by atoms with Gasteiger partial charge in [-0.3, -0.25) is 14.5 Å². The van der Waals surface area contributed by atoms with E-state index in [1.165, 1.54) is 29.7 Å². The number of nitrogens with zero attached hydrogens (tertiary/aromatic N) is 3. The SMILES string of the molecule is CCCn1nc(C(=O)NCC(CC)N2CCCC2)ccc1=O. The van der Waals surface area contributed by atoms with Gasteiger partial charge in [0.25, 0.3) is 11.5 Å². The molecule has 0 saturated carbocycles. The minimum absolute atomic E-state index is 0.165. The van der Waals surface area contributed by atoms with Gasteiger partial charge in [-0.2, -0.15) is 5.10 Å². The molecule has 1 saturated heterocycles. The van der Waals surface area contributed by atoms with Gasteiger partial charge in [-0.1, -0.05) is 13.8 Å². The minimum Gasteiger partial charge on any atom is -0.349 e. The Morgan fingerprint density at radius 3 is 2.68 bits per heavy atom. The topological polar surface area (TPSA) is 67.2 Å². The minimum atomic E-state index is -0.206. The molecule has 0 aromatic carbocycles. The van der Waals surface area contributed by atoms with E-state index in [-0.39, 0.29) is 11.5 Å². The summed E-state index contributed by atoms with van der Waals surface area (Å²) in [5.41, 5.74) is 0.145. The molecule has 1 amide bonds. The number of likely N-dealkylation sites (tertiary alicyclic amines) is 1. The van der Waals surface area contributed by atoms with E-state index in [0.717, 1.165) is 25.9 Å². The molecule has 1 fully saturated rings. The van der Waals surface area contributed by atoms with Crippen molar-refractivity contribution in [3.63, 3.8) is 0 Å². The third-order valence-electron chi connectivity index (χ3n) is 4.16. The first-order valence-corrected chi connectivity index (χ1v) is 8.26. The van der Waals surface area contributed by atoms with Crippen molar-refractivity contribution in [1.82, 2.24) is 20.0 Å². The largest absolute Gasteiger partial charge is 0.349 e. The number of hydrogen-bond donors (Lipinski definition) is 1. The maximum absolute atomic E-state index is 12.2. The van der Waals surface area contributed by atoms with Crippen LogP contribution in [0.1, 0.15) is 50.0 Å². The standard InChI is InChI=1S/C16H26N4O2/c1-3-9-20-15(21)8-7-14(18-20)16(22)17-12-13(4-2)19-10-5-6-11-19/h7-8,13H,3-6,9-12H2,1-2H3,(H,17,22). The van der Waals surface area contributed by atoms with E-state index in [1.54, 1.807) is 0 Å². The van der Waals surface area contributed by atoms with E-state index in [1.807, 2.05) is 6.92 Å². The molecule has 22 heavy (non-hydrogen) atoms. The summed E-state index contributed by atoms with van der Waals surface area (Å²) in [6.45, 7) is 7.52. The maximum Gasteiger partial charge on any atom is 0.271 e. The average Bonchev–Trinajstić information content (AvgIpc) is 3.04. The molecule has 1 aliphatic heterocycles. The van der Waals surface area contributed by atoms with Crippen LogP contribution >= 0.6 is 0 Å². The fourth-order valence-corrected chi connectivity index (χ4v) is 2.88. The Kier molecular flexibility index (Phi) is 6.12. The van der Waals surface area contributed by atoms with Gasteiger partial charge in [-0.05, 0) is 44.8 Å². The monoisotopic (exact) mass is 306 g/mol. The van der Waals surface area contributed by atoms with E-state index in [2.05, 4.69) is 22.2 Å². The molecule has 6 heteroatoms. The van der Waals surface area contributed by atoms with Crippen LogP contribution in [0.2, 0.25) is 0 Å². The maximum atomic E-state index is 12.2. The Bertz CT molecular complexity index is 549. The summed E-state index contributed by atoms with van der Waals surface area (Å²) in [5, 5.41) is 7.10. The number of carbonyl (C=O) groups is 1. The van der Waals surface area contributed by atoms with Gasteiger partial charge in [0.15, 0.2) is 0 Å². The van der Waals surface area contributed by atoms with Gasteiger partial charge in [0, 0.05) is 25.2 Å². The molecule has 2 heterocycles. The summed E-state index contributed by atoms with van der Waals surface area (Å²) in [7, 11) is 0. The summed E-state index contributed by atoms with van der Waals surface area (Å²) in [6.07, 6.45) is 4.32. The highest BCUT2D eigenvalue weighted by Gasteiger charge is 2.21. The lowest BCUT2D eigenvalue weighted by Gasteiger charge is -2.26. The van der Waals surface area contributed by atoms with E-state index in [4.69, 9.17) is 0 Å². The smallest absolute Gasteiger partial charge is 0.271 e. The van der Waals surface area contributed by atoms with Crippen LogP contribution in [-0.4, -0.2) is 46.3 Å². The molecule has 0 aliphatic carbocycles. The number of aromatic nitrogens is 2. The van der Waals surface area contributed by atoms with E-state index in [0.29, 0.717) is 24.8 Å². The van der Waals surface area contributed by atoms with Gasteiger partial charge < -0.3 is 5.32 Å². The molecular weight excluding hydrogens is 280 g/mol. The number of rotatable bonds is 7. The van der Waals surface area contributed by atoms with Gasteiger partial charge in [0.1, 0.15) is 5.69 Å². The van der Waals surface area contributed by atoms with Crippen molar-refractivity contribution in [2.24, 2.45) is 0 Å². The van der Waals surface area contributed by atoms with Crippen LogP contribution in [0.25, 0.3) is 0 Å². The summed E-state index contributed by atoms with van der Waals surface area (Å²) in [4.78, 5) is 26.3. The summed E-state index contributed by atoms with van der Waals surface area (Å²) in [5.74, 6) is -0.206. The molecule has 1 unspecified atom stereocenters. The first-order chi connectivity index (χ1) is 10.7. The molecule has 1 aromatic heterocycles. The van der Waals surface area contributed by atoms with Crippen LogP contribution in [-0.2, 0) is 6.54 Å². The van der Waals surface area contributed by atoms with Crippen LogP contribution in [0.5, 0.6) is 0 Å². The Labute approximate surface area is 131 Å². The van der Waals surface area contributed by atoms with Crippen LogP contribution < -0.4 is 10.9 Å². The van der Waals surface area contributed by atoms with Crippen LogP contribution in [0.4, 0.5) is 0 Å². The van der Waals surface area contributed by atoms with Crippen molar-refractivity contribution in [3.05, 3.63) is 28.2 Å². The molecule has 2 rings (SSSR count). The third kappa shape index (κ3) is 4.16. The second-order valence-electron chi connectivity index (χ2n) is 5.80. The van der Waals surface area contributed by atoms with Crippen molar-refractivity contribution in [1.29, 1.82) is 0 Å². The van der Waals surface area contributed by atoms with Crippen LogP contribution in [0.3, 0.4) is 0 Å². The van der Waals surface area contributed by atoms with E-state index >= 15 is 0 Å². The number of amides is 1. The van der Waals surface area contributed by atoms with Crippen molar-refractivity contribution in [3.8, 4) is 0 Å². The van der Waals surface area contributed by atoms with Gasteiger partial charge in [-0.15, -0.1) is 0 Å². The summed E-state index contributed by atoms with van der Waals surface area (Å²) in [6, 6.07) is 3.30. The second-order valence-corrected chi connectivity index (χ2v) is 5.80. The van der Waals surface area contributed by atoms with Crippen molar-refractivity contribution >= 4 is 5.91 Å². The molecule has 122 valence electrons. The predicted molar refractivity (Wildman–Crippen MR) is 86.0 cm³/mol. The first-order valence-electron chi connectivity index (χ1n) is 8.26. The van der Waals surface area contributed by atoms with Gasteiger partial charge in [0.05, 0.1) is 0 Å². The molecule has 0 spiro atoms. The lowest BCUT2D eigenvalue weighted by atomic mass is 10.2. The van der Waals surface area contributed by atoms with Crippen molar-refractivity contribution in [2.45, 2.75) is 52.1 Å². The Hall–Kier alpha value is -1.69. The van der Waals surface area contributed by atoms with Gasteiger partial charge in [-0.25, -0.2) is 4.68 Å². The zero-order valence-electron chi connectivity index (χ0n) is 13.5. The third-order valence-corrected chi connectivity index (χ3v) is 4.16. The van der Waals surface area contributed by atoms with Crippen LogP contribution in [0.15, 0.2) is 16.9 Å². The Morgan fingerprint density at radius 2 is 2.05 bits per heavy atom. The molecule has 6 nitrogen and oxygen atoms in total. The van der Waals surface area contributed by atoms with Crippen molar-refractivity contribution in [2.75, 3.05) is 19.6 Å². The number of aryl methyl sites for hydroxylation is 1. The molecule has 1 aliphatic rings. The lowest BCUT2D eigenvalue weighted by molar-refractivity contribution is 0.0929. The quantitative estimate of drug-likeness (QED) is 0.823. The second kappa shape index (κ2) is 8.08. The zero-order chi connectivity index (χ0) is 15.9. The molecule has 1 aromatic rings.